The monoisotopic (exact) mass is 282 g/mol. The minimum Gasteiger partial charge on any atom is -0.354 e. The molecule has 0 unspecified atom stereocenters. The third kappa shape index (κ3) is 3.03. The molecule has 0 aliphatic carbocycles. The van der Waals surface area contributed by atoms with Crippen LogP contribution in [0.2, 0.25) is 10.0 Å². The number of nitrogens with zero attached hydrogens (tertiary/aromatic N) is 2. The van der Waals surface area contributed by atoms with Gasteiger partial charge in [-0.1, -0.05) is 29.3 Å². The third-order valence-electron chi connectivity index (χ3n) is 2.21. The summed E-state index contributed by atoms with van der Waals surface area (Å²) < 4.78 is 0. The van der Waals surface area contributed by atoms with Crippen LogP contribution in [-0.4, -0.2) is 16.5 Å². The summed E-state index contributed by atoms with van der Waals surface area (Å²) in [5.74, 6) is 1.20. The molecule has 0 atom stereocenters. The second-order valence-corrected chi connectivity index (χ2v) is 4.33. The van der Waals surface area contributed by atoms with Crippen LogP contribution in [0, 0.1) is 0 Å². The van der Waals surface area contributed by atoms with E-state index in [1.54, 1.807) is 30.5 Å². The molecule has 0 fully saturated rings. The van der Waals surface area contributed by atoms with E-state index in [2.05, 4.69) is 20.6 Å². The van der Waals surface area contributed by atoms with Gasteiger partial charge in [-0.3, -0.25) is 0 Å². The number of aromatic nitrogens is 2. The van der Waals surface area contributed by atoms with Crippen LogP contribution in [0.5, 0.6) is 0 Å². The molecule has 4 nitrogen and oxygen atoms in total. The summed E-state index contributed by atoms with van der Waals surface area (Å²) in [4.78, 5) is 8.38. The van der Waals surface area contributed by atoms with Crippen LogP contribution in [0.25, 0.3) is 0 Å². The van der Waals surface area contributed by atoms with Crippen molar-refractivity contribution in [2.24, 2.45) is 0 Å². The van der Waals surface area contributed by atoms with Crippen molar-refractivity contribution in [1.82, 2.24) is 9.97 Å². The van der Waals surface area contributed by atoms with Crippen molar-refractivity contribution in [2.45, 2.75) is 6.92 Å². The van der Waals surface area contributed by atoms with Gasteiger partial charge in [0.05, 0.1) is 15.7 Å². The molecule has 1 heterocycles. The molecule has 0 amide bonds. The molecule has 1 aromatic carbocycles. The predicted octanol–water partition coefficient (Wildman–Crippen LogP) is 3.96. The van der Waals surface area contributed by atoms with E-state index >= 15 is 0 Å². The molecule has 0 bridgehead atoms. The summed E-state index contributed by atoms with van der Waals surface area (Å²) >= 11 is 12.1. The predicted molar refractivity (Wildman–Crippen MR) is 75.9 cm³/mol. The molecule has 0 aliphatic heterocycles. The Morgan fingerprint density at radius 3 is 2.56 bits per heavy atom. The van der Waals surface area contributed by atoms with Crippen molar-refractivity contribution in [2.75, 3.05) is 17.2 Å². The summed E-state index contributed by atoms with van der Waals surface area (Å²) in [5, 5.41) is 7.21. The van der Waals surface area contributed by atoms with Gasteiger partial charge in [0.25, 0.3) is 0 Å². The fraction of sp³-hybridized carbons (Fsp3) is 0.167. The average Bonchev–Trinajstić information content (AvgIpc) is 2.35. The molecule has 94 valence electrons. The largest absolute Gasteiger partial charge is 0.354 e. The number of nitrogens with one attached hydrogen (secondary N) is 2. The Morgan fingerprint density at radius 2 is 1.89 bits per heavy atom. The SMILES string of the molecule is CCNc1nccc(Nc2c(Cl)cccc2Cl)n1. The molecular formula is C12H12Cl2N4. The molecule has 0 spiro atoms. The summed E-state index contributed by atoms with van der Waals surface area (Å²) in [7, 11) is 0. The van der Waals surface area contributed by atoms with Crippen molar-refractivity contribution in [3.05, 3.63) is 40.5 Å². The maximum Gasteiger partial charge on any atom is 0.224 e. The summed E-state index contributed by atoms with van der Waals surface area (Å²) in [6.07, 6.45) is 1.66. The first-order valence-corrected chi connectivity index (χ1v) is 6.24. The lowest BCUT2D eigenvalue weighted by atomic mass is 10.3. The Morgan fingerprint density at radius 1 is 1.17 bits per heavy atom. The quantitative estimate of drug-likeness (QED) is 0.891. The molecule has 18 heavy (non-hydrogen) atoms. The lowest BCUT2D eigenvalue weighted by Gasteiger charge is -2.10. The zero-order valence-corrected chi connectivity index (χ0v) is 11.3. The molecule has 6 heteroatoms. The Labute approximate surface area is 115 Å². The number of benzene rings is 1. The van der Waals surface area contributed by atoms with Crippen LogP contribution in [0.3, 0.4) is 0 Å². The lowest BCUT2D eigenvalue weighted by molar-refractivity contribution is 1.09. The second-order valence-electron chi connectivity index (χ2n) is 3.52. The van der Waals surface area contributed by atoms with Crippen LogP contribution >= 0.6 is 23.2 Å². The van der Waals surface area contributed by atoms with E-state index in [1.165, 1.54) is 0 Å². The van der Waals surface area contributed by atoms with Gasteiger partial charge in [0.1, 0.15) is 5.82 Å². The number of hydrogen-bond donors (Lipinski definition) is 2. The molecular weight excluding hydrogens is 271 g/mol. The van der Waals surface area contributed by atoms with E-state index in [9.17, 15) is 0 Å². The Hall–Kier alpha value is -1.52. The minimum atomic E-state index is 0.547. The van der Waals surface area contributed by atoms with Gasteiger partial charge in [0.15, 0.2) is 0 Å². The van der Waals surface area contributed by atoms with Gasteiger partial charge >= 0.3 is 0 Å². The number of anilines is 3. The molecule has 2 N–H and O–H groups in total. The highest BCUT2D eigenvalue weighted by Gasteiger charge is 2.06. The standard InChI is InChI=1S/C12H12Cl2N4/c1-2-15-12-16-7-6-10(18-12)17-11-8(13)4-3-5-9(11)14/h3-7H,2H2,1H3,(H2,15,16,17,18). The highest BCUT2D eigenvalue weighted by molar-refractivity contribution is 6.39. The topological polar surface area (TPSA) is 49.8 Å². The molecule has 0 saturated heterocycles. The number of para-hydroxylation sites is 1. The van der Waals surface area contributed by atoms with Gasteiger partial charge in [-0.25, -0.2) is 4.98 Å². The highest BCUT2D eigenvalue weighted by atomic mass is 35.5. The first kappa shape index (κ1) is 12.9. The average molecular weight is 283 g/mol. The molecule has 0 aliphatic rings. The van der Waals surface area contributed by atoms with Gasteiger partial charge in [-0.2, -0.15) is 4.98 Å². The summed E-state index contributed by atoms with van der Waals surface area (Å²) in [5.41, 5.74) is 0.641. The second kappa shape index (κ2) is 5.89. The summed E-state index contributed by atoms with van der Waals surface area (Å²) in [6.45, 7) is 2.74. The van der Waals surface area contributed by atoms with E-state index in [0.29, 0.717) is 27.5 Å². The van der Waals surface area contributed by atoms with E-state index in [4.69, 9.17) is 23.2 Å². The van der Waals surface area contributed by atoms with Crippen LogP contribution < -0.4 is 10.6 Å². The van der Waals surface area contributed by atoms with Crippen molar-refractivity contribution >= 4 is 40.7 Å². The van der Waals surface area contributed by atoms with Crippen LogP contribution in [0.4, 0.5) is 17.5 Å². The zero-order chi connectivity index (χ0) is 13.0. The Balaban J connectivity index is 2.26. The fourth-order valence-corrected chi connectivity index (χ4v) is 1.91. The molecule has 1 aromatic heterocycles. The number of halogens is 2. The van der Waals surface area contributed by atoms with Crippen molar-refractivity contribution in [3.63, 3.8) is 0 Å². The van der Waals surface area contributed by atoms with Crippen molar-refractivity contribution < 1.29 is 0 Å². The fourth-order valence-electron chi connectivity index (χ4n) is 1.42. The van der Waals surface area contributed by atoms with Gasteiger partial charge in [0, 0.05) is 12.7 Å². The van der Waals surface area contributed by atoms with Crippen LogP contribution in [-0.2, 0) is 0 Å². The molecule has 2 aromatic rings. The van der Waals surface area contributed by atoms with Crippen molar-refractivity contribution in [3.8, 4) is 0 Å². The number of rotatable bonds is 4. The van der Waals surface area contributed by atoms with Crippen molar-refractivity contribution in [1.29, 1.82) is 0 Å². The maximum atomic E-state index is 6.07. The molecule has 0 saturated carbocycles. The first-order valence-electron chi connectivity index (χ1n) is 5.48. The maximum absolute atomic E-state index is 6.07. The minimum absolute atomic E-state index is 0.547. The van der Waals surface area contributed by atoms with Gasteiger partial charge < -0.3 is 10.6 Å². The first-order chi connectivity index (χ1) is 8.70. The summed E-state index contributed by atoms with van der Waals surface area (Å²) in [6, 6.07) is 7.07. The third-order valence-corrected chi connectivity index (χ3v) is 2.84. The smallest absolute Gasteiger partial charge is 0.224 e. The van der Waals surface area contributed by atoms with E-state index in [0.717, 1.165) is 6.54 Å². The zero-order valence-electron chi connectivity index (χ0n) is 9.74. The van der Waals surface area contributed by atoms with Gasteiger partial charge in [-0.05, 0) is 25.1 Å². The van der Waals surface area contributed by atoms with E-state index in [1.807, 2.05) is 6.92 Å². The molecule has 2 rings (SSSR count). The lowest BCUT2D eigenvalue weighted by Crippen LogP contribution is -2.03. The molecule has 0 radical (unpaired) electrons. The van der Waals surface area contributed by atoms with Gasteiger partial charge in [0.2, 0.25) is 5.95 Å². The van der Waals surface area contributed by atoms with Crippen LogP contribution in [0.1, 0.15) is 6.92 Å². The van der Waals surface area contributed by atoms with Crippen LogP contribution in [0.15, 0.2) is 30.5 Å². The van der Waals surface area contributed by atoms with E-state index < -0.39 is 0 Å². The number of hydrogen-bond acceptors (Lipinski definition) is 4. The Bertz CT molecular complexity index is 525. The van der Waals surface area contributed by atoms with Gasteiger partial charge in [-0.15, -0.1) is 0 Å². The Kier molecular flexibility index (Phi) is 4.23. The normalized spacial score (nSPS) is 10.2. The van der Waals surface area contributed by atoms with E-state index in [-0.39, 0.29) is 0 Å². The highest BCUT2D eigenvalue weighted by Crippen LogP contribution is 2.31.